The fraction of sp³-hybridized carbons (Fsp3) is 0.500. The Bertz CT molecular complexity index is 863. The Kier molecular flexibility index (Phi) is 5.57. The zero-order valence-electron chi connectivity index (χ0n) is 16.0. The van der Waals surface area contributed by atoms with Gasteiger partial charge in [0.15, 0.2) is 0 Å². The number of fused-ring (bicyclic) bond motifs is 1. The Labute approximate surface area is 164 Å². The predicted octanol–water partition coefficient (Wildman–Crippen LogP) is 2.57. The molecule has 0 bridgehead atoms. The molecule has 1 saturated heterocycles. The Balaban J connectivity index is 1.40. The molecule has 0 radical (unpaired) electrons. The van der Waals surface area contributed by atoms with Crippen molar-refractivity contribution in [3.8, 4) is 0 Å². The lowest BCUT2D eigenvalue weighted by Crippen LogP contribution is -2.41. The molecular weight excluding hydrogens is 354 g/mol. The molecular formula is C22H27N3O3. The number of pyridine rings is 1. The summed E-state index contributed by atoms with van der Waals surface area (Å²) in [5.74, 6) is 0.414. The van der Waals surface area contributed by atoms with Crippen LogP contribution in [0.3, 0.4) is 0 Å². The quantitative estimate of drug-likeness (QED) is 0.772. The van der Waals surface area contributed by atoms with Crippen LogP contribution in [0.5, 0.6) is 0 Å². The number of nitrogens with zero attached hydrogens (tertiary/aromatic N) is 2. The minimum absolute atomic E-state index is 0.00815. The van der Waals surface area contributed by atoms with Crippen LogP contribution in [0.15, 0.2) is 36.5 Å². The molecule has 6 heteroatoms. The number of carbonyl (C=O) groups is 2. The Morgan fingerprint density at radius 1 is 1.32 bits per heavy atom. The second-order valence-electron chi connectivity index (χ2n) is 7.98. The van der Waals surface area contributed by atoms with Crippen LogP contribution in [0.1, 0.15) is 50.1 Å². The summed E-state index contributed by atoms with van der Waals surface area (Å²) in [6.07, 6.45) is 5.57. The number of aliphatic hydroxyl groups excluding tert-OH is 1. The van der Waals surface area contributed by atoms with Crippen molar-refractivity contribution in [1.29, 1.82) is 0 Å². The number of nitrogens with one attached hydrogen (secondary N) is 1. The molecule has 0 unspecified atom stereocenters. The van der Waals surface area contributed by atoms with Gasteiger partial charge in [-0.05, 0) is 49.3 Å². The van der Waals surface area contributed by atoms with E-state index in [9.17, 15) is 14.7 Å². The number of benzene rings is 1. The average molecular weight is 381 g/mol. The standard InChI is InChI=1S/C22H27N3O3/c26-18-12-16(13-18)22(17-11-15-5-1-2-6-19(15)23-14-17)24-20(27)7-3-9-25-10-4-8-21(25)28/h1-2,5-6,11,14,16,18,22,26H,3-4,7-10,12-13H2,(H,24,27)/t16?,18?,22-/m1/s1. The van der Waals surface area contributed by atoms with Gasteiger partial charge in [0, 0.05) is 37.5 Å². The highest BCUT2D eigenvalue weighted by atomic mass is 16.3. The number of carbonyl (C=O) groups excluding carboxylic acids is 2. The fourth-order valence-electron chi connectivity index (χ4n) is 4.25. The highest BCUT2D eigenvalue weighted by Crippen LogP contribution is 2.38. The van der Waals surface area contributed by atoms with Gasteiger partial charge in [0.1, 0.15) is 0 Å². The molecule has 6 nitrogen and oxygen atoms in total. The molecule has 1 atom stereocenters. The van der Waals surface area contributed by atoms with E-state index in [-0.39, 0.29) is 29.9 Å². The van der Waals surface area contributed by atoms with Crippen molar-refractivity contribution >= 4 is 22.7 Å². The number of aromatic nitrogens is 1. The van der Waals surface area contributed by atoms with E-state index in [0.717, 1.165) is 29.4 Å². The Morgan fingerprint density at radius 3 is 2.89 bits per heavy atom. The van der Waals surface area contributed by atoms with Crippen molar-refractivity contribution < 1.29 is 14.7 Å². The molecule has 2 fully saturated rings. The van der Waals surface area contributed by atoms with Crippen LogP contribution in [0, 0.1) is 5.92 Å². The number of para-hydroxylation sites is 1. The summed E-state index contributed by atoms with van der Waals surface area (Å²) in [7, 11) is 0. The summed E-state index contributed by atoms with van der Waals surface area (Å²) in [5, 5.41) is 14.0. The van der Waals surface area contributed by atoms with Crippen LogP contribution < -0.4 is 5.32 Å². The molecule has 2 heterocycles. The van der Waals surface area contributed by atoms with Crippen molar-refractivity contribution in [1.82, 2.24) is 15.2 Å². The molecule has 148 valence electrons. The van der Waals surface area contributed by atoms with Crippen molar-refractivity contribution in [2.24, 2.45) is 5.92 Å². The second-order valence-corrected chi connectivity index (χ2v) is 7.98. The van der Waals surface area contributed by atoms with Gasteiger partial charge in [0.2, 0.25) is 11.8 Å². The molecule has 2 amide bonds. The van der Waals surface area contributed by atoms with Gasteiger partial charge in [0.25, 0.3) is 0 Å². The van der Waals surface area contributed by atoms with Gasteiger partial charge in [-0.15, -0.1) is 0 Å². The first-order valence-corrected chi connectivity index (χ1v) is 10.2. The van der Waals surface area contributed by atoms with Crippen LogP contribution in [0.4, 0.5) is 0 Å². The Morgan fingerprint density at radius 2 is 2.14 bits per heavy atom. The van der Waals surface area contributed by atoms with Gasteiger partial charge in [-0.3, -0.25) is 14.6 Å². The number of hydrogen-bond acceptors (Lipinski definition) is 4. The number of aliphatic hydroxyl groups is 1. The molecule has 2 aromatic rings. The monoisotopic (exact) mass is 381 g/mol. The van der Waals surface area contributed by atoms with E-state index in [0.29, 0.717) is 38.6 Å². The van der Waals surface area contributed by atoms with Crippen molar-refractivity contribution in [2.45, 2.75) is 50.7 Å². The third-order valence-corrected chi connectivity index (χ3v) is 5.91. The van der Waals surface area contributed by atoms with Crippen LogP contribution in [0.25, 0.3) is 10.9 Å². The maximum atomic E-state index is 12.6. The van der Waals surface area contributed by atoms with Gasteiger partial charge in [-0.25, -0.2) is 0 Å². The molecule has 28 heavy (non-hydrogen) atoms. The maximum Gasteiger partial charge on any atom is 0.222 e. The third-order valence-electron chi connectivity index (χ3n) is 5.91. The zero-order valence-corrected chi connectivity index (χ0v) is 16.0. The zero-order chi connectivity index (χ0) is 19.5. The topological polar surface area (TPSA) is 82.5 Å². The average Bonchev–Trinajstić information content (AvgIpc) is 3.08. The van der Waals surface area contributed by atoms with E-state index in [1.54, 1.807) is 0 Å². The van der Waals surface area contributed by atoms with Crippen LogP contribution in [-0.2, 0) is 9.59 Å². The van der Waals surface area contributed by atoms with E-state index in [1.807, 2.05) is 35.4 Å². The summed E-state index contributed by atoms with van der Waals surface area (Å²) in [6, 6.07) is 9.88. The van der Waals surface area contributed by atoms with Gasteiger partial charge < -0.3 is 15.3 Å². The third kappa shape index (κ3) is 4.17. The van der Waals surface area contributed by atoms with Gasteiger partial charge >= 0.3 is 0 Å². The van der Waals surface area contributed by atoms with Gasteiger partial charge in [-0.1, -0.05) is 18.2 Å². The molecule has 4 rings (SSSR count). The van der Waals surface area contributed by atoms with E-state index in [1.165, 1.54) is 0 Å². The van der Waals surface area contributed by atoms with Crippen LogP contribution in [-0.4, -0.2) is 46.0 Å². The smallest absolute Gasteiger partial charge is 0.222 e. The summed E-state index contributed by atoms with van der Waals surface area (Å²) in [4.78, 5) is 30.6. The van der Waals surface area contributed by atoms with E-state index < -0.39 is 0 Å². The number of amides is 2. The molecule has 1 aromatic carbocycles. The lowest BCUT2D eigenvalue weighted by molar-refractivity contribution is -0.128. The summed E-state index contributed by atoms with van der Waals surface area (Å²) in [5.41, 5.74) is 1.92. The van der Waals surface area contributed by atoms with Crippen molar-refractivity contribution in [2.75, 3.05) is 13.1 Å². The minimum atomic E-state index is -0.279. The van der Waals surface area contributed by atoms with E-state index >= 15 is 0 Å². The molecule has 1 saturated carbocycles. The van der Waals surface area contributed by atoms with Crippen LogP contribution in [0.2, 0.25) is 0 Å². The highest BCUT2D eigenvalue weighted by Gasteiger charge is 2.35. The number of rotatable bonds is 7. The lowest BCUT2D eigenvalue weighted by atomic mass is 9.75. The summed E-state index contributed by atoms with van der Waals surface area (Å²) in [6.45, 7) is 1.46. The lowest BCUT2D eigenvalue weighted by Gasteiger charge is -2.38. The Hall–Kier alpha value is -2.47. The normalized spacial score (nSPS) is 22.9. The summed E-state index contributed by atoms with van der Waals surface area (Å²) < 4.78 is 0. The molecule has 0 spiro atoms. The first kappa shape index (κ1) is 18.9. The second kappa shape index (κ2) is 8.27. The minimum Gasteiger partial charge on any atom is -0.393 e. The molecule has 2 N–H and O–H groups in total. The largest absolute Gasteiger partial charge is 0.393 e. The van der Waals surface area contributed by atoms with Gasteiger partial charge in [-0.2, -0.15) is 0 Å². The molecule has 1 aliphatic carbocycles. The van der Waals surface area contributed by atoms with Gasteiger partial charge in [0.05, 0.1) is 17.7 Å². The summed E-state index contributed by atoms with van der Waals surface area (Å²) >= 11 is 0. The number of hydrogen-bond donors (Lipinski definition) is 2. The molecule has 2 aliphatic rings. The van der Waals surface area contributed by atoms with E-state index in [4.69, 9.17) is 0 Å². The fourth-order valence-corrected chi connectivity index (χ4v) is 4.25. The van der Waals surface area contributed by atoms with Crippen LogP contribution >= 0.6 is 0 Å². The first-order valence-electron chi connectivity index (χ1n) is 10.2. The predicted molar refractivity (Wildman–Crippen MR) is 106 cm³/mol. The molecule has 1 aromatic heterocycles. The first-order chi connectivity index (χ1) is 13.6. The molecule has 1 aliphatic heterocycles. The highest BCUT2D eigenvalue weighted by molar-refractivity contribution is 5.80. The SMILES string of the molecule is O=C(CCCN1CCCC1=O)N[C@@H](c1cnc2ccccc2c1)C1CC(O)C1. The van der Waals surface area contributed by atoms with Crippen molar-refractivity contribution in [3.05, 3.63) is 42.1 Å². The van der Waals surface area contributed by atoms with Crippen molar-refractivity contribution in [3.63, 3.8) is 0 Å². The number of likely N-dealkylation sites (tertiary alicyclic amines) is 1. The maximum absolute atomic E-state index is 12.6. The van der Waals surface area contributed by atoms with E-state index in [2.05, 4.69) is 16.4 Å².